The molecular weight excluding hydrogens is 366 g/mol. The normalized spacial score (nSPS) is 10.6. The minimum Gasteiger partial charge on any atom is -0.455 e. The van der Waals surface area contributed by atoms with Crippen LogP contribution in [0.25, 0.3) is 6.08 Å². The van der Waals surface area contributed by atoms with Crippen molar-refractivity contribution in [3.63, 3.8) is 0 Å². The second kappa shape index (κ2) is 9.32. The summed E-state index contributed by atoms with van der Waals surface area (Å²) in [5.41, 5.74) is 3.13. The zero-order valence-corrected chi connectivity index (χ0v) is 16.2. The first-order valence-electron chi connectivity index (χ1n) is 9.05. The molecule has 3 rings (SSSR count). The number of nitrogens with one attached hydrogen (secondary N) is 2. The van der Waals surface area contributed by atoms with Gasteiger partial charge in [-0.25, -0.2) is 0 Å². The average Bonchev–Trinajstić information content (AvgIpc) is 2.70. The predicted octanol–water partition coefficient (Wildman–Crippen LogP) is 4.79. The number of carbonyl (C=O) groups excluding carboxylic acids is 2. The van der Waals surface area contributed by atoms with Crippen LogP contribution in [0.15, 0.2) is 73.1 Å². The molecule has 0 atom stereocenters. The first-order valence-corrected chi connectivity index (χ1v) is 9.05. The minimum atomic E-state index is -0.240. The summed E-state index contributed by atoms with van der Waals surface area (Å²) >= 11 is 0. The molecule has 2 N–H and O–H groups in total. The van der Waals surface area contributed by atoms with E-state index in [1.54, 1.807) is 42.7 Å². The monoisotopic (exact) mass is 387 g/mol. The number of hydrogen-bond acceptors (Lipinski definition) is 4. The topological polar surface area (TPSA) is 80.3 Å². The zero-order valence-electron chi connectivity index (χ0n) is 16.2. The Morgan fingerprint density at radius 1 is 1.00 bits per heavy atom. The van der Waals surface area contributed by atoms with Gasteiger partial charge in [0, 0.05) is 30.6 Å². The molecule has 0 aliphatic carbocycles. The zero-order chi connectivity index (χ0) is 20.6. The highest BCUT2D eigenvalue weighted by Gasteiger charge is 2.05. The van der Waals surface area contributed by atoms with E-state index in [4.69, 9.17) is 4.74 Å². The smallest absolute Gasteiger partial charge is 0.248 e. The van der Waals surface area contributed by atoms with Crippen molar-refractivity contribution in [1.82, 2.24) is 4.98 Å². The number of pyridine rings is 1. The van der Waals surface area contributed by atoms with Gasteiger partial charge in [0.15, 0.2) is 0 Å². The third-order valence-corrected chi connectivity index (χ3v) is 3.96. The molecule has 0 radical (unpaired) electrons. The largest absolute Gasteiger partial charge is 0.455 e. The van der Waals surface area contributed by atoms with E-state index < -0.39 is 0 Å². The summed E-state index contributed by atoms with van der Waals surface area (Å²) in [4.78, 5) is 27.2. The lowest BCUT2D eigenvalue weighted by Gasteiger charge is -2.10. The van der Waals surface area contributed by atoms with Gasteiger partial charge < -0.3 is 15.4 Å². The molecule has 146 valence electrons. The number of hydrogen-bond donors (Lipinski definition) is 2. The van der Waals surface area contributed by atoms with Crippen LogP contribution < -0.4 is 15.4 Å². The first kappa shape index (κ1) is 19.8. The second-order valence-electron chi connectivity index (χ2n) is 6.40. The quantitative estimate of drug-likeness (QED) is 0.596. The highest BCUT2D eigenvalue weighted by Crippen LogP contribution is 2.26. The first-order chi connectivity index (χ1) is 14.0. The SMILES string of the molecule is CC(=O)Nc1ccc(/C=C/C(=O)Nc2ccc(Oc3cccnc3)c(C)c2)cc1. The van der Waals surface area contributed by atoms with Gasteiger partial charge in [0.2, 0.25) is 11.8 Å². The van der Waals surface area contributed by atoms with Crippen molar-refractivity contribution in [3.05, 3.63) is 84.2 Å². The fraction of sp³-hybridized carbons (Fsp3) is 0.0870. The Balaban J connectivity index is 1.59. The number of amides is 2. The van der Waals surface area contributed by atoms with Gasteiger partial charge in [-0.1, -0.05) is 12.1 Å². The number of aryl methyl sites for hydroxylation is 1. The van der Waals surface area contributed by atoms with Crippen LogP contribution in [0.4, 0.5) is 11.4 Å². The van der Waals surface area contributed by atoms with Gasteiger partial charge in [-0.05, 0) is 66.6 Å². The van der Waals surface area contributed by atoms with Gasteiger partial charge in [-0.3, -0.25) is 14.6 Å². The summed E-state index contributed by atoms with van der Waals surface area (Å²) in [6, 6.07) is 16.3. The second-order valence-corrected chi connectivity index (χ2v) is 6.40. The third kappa shape index (κ3) is 6.04. The molecule has 1 aromatic heterocycles. The van der Waals surface area contributed by atoms with Crippen molar-refractivity contribution in [3.8, 4) is 11.5 Å². The molecule has 0 saturated heterocycles. The summed E-state index contributed by atoms with van der Waals surface area (Å²) in [6.45, 7) is 3.37. The highest BCUT2D eigenvalue weighted by atomic mass is 16.5. The molecule has 2 amide bonds. The molecule has 0 bridgehead atoms. The van der Waals surface area contributed by atoms with Gasteiger partial charge in [0.25, 0.3) is 0 Å². The Labute approximate surface area is 169 Å². The number of benzene rings is 2. The summed E-state index contributed by atoms with van der Waals surface area (Å²) in [7, 11) is 0. The molecule has 6 nitrogen and oxygen atoms in total. The number of rotatable bonds is 6. The molecular formula is C23H21N3O3. The van der Waals surface area contributed by atoms with Crippen LogP contribution in [0.1, 0.15) is 18.1 Å². The van der Waals surface area contributed by atoms with Gasteiger partial charge >= 0.3 is 0 Å². The van der Waals surface area contributed by atoms with E-state index in [1.165, 1.54) is 13.0 Å². The molecule has 1 heterocycles. The van der Waals surface area contributed by atoms with Crippen molar-refractivity contribution >= 4 is 29.3 Å². The fourth-order valence-electron chi connectivity index (χ4n) is 2.61. The summed E-state index contributed by atoms with van der Waals surface area (Å²) in [5.74, 6) is 0.988. The number of ether oxygens (including phenoxy) is 1. The van der Waals surface area contributed by atoms with Crippen LogP contribution >= 0.6 is 0 Å². The van der Waals surface area contributed by atoms with Crippen LogP contribution in [-0.2, 0) is 9.59 Å². The lowest BCUT2D eigenvalue weighted by atomic mass is 10.2. The van der Waals surface area contributed by atoms with Crippen LogP contribution in [0.3, 0.4) is 0 Å². The summed E-state index contributed by atoms with van der Waals surface area (Å²) < 4.78 is 5.79. The van der Waals surface area contributed by atoms with Gasteiger partial charge in [0.1, 0.15) is 11.5 Å². The van der Waals surface area contributed by atoms with Crippen molar-refractivity contribution < 1.29 is 14.3 Å². The highest BCUT2D eigenvalue weighted by molar-refractivity contribution is 6.02. The Hall–Kier alpha value is -3.93. The van der Waals surface area contributed by atoms with E-state index in [1.807, 2.05) is 37.3 Å². The van der Waals surface area contributed by atoms with E-state index in [-0.39, 0.29) is 11.8 Å². The van der Waals surface area contributed by atoms with Gasteiger partial charge in [0.05, 0.1) is 6.20 Å². The Morgan fingerprint density at radius 2 is 1.76 bits per heavy atom. The molecule has 0 aliphatic rings. The maximum atomic E-state index is 12.2. The van der Waals surface area contributed by atoms with Gasteiger partial charge in [-0.15, -0.1) is 0 Å². The predicted molar refractivity (Wildman–Crippen MR) is 114 cm³/mol. The summed E-state index contributed by atoms with van der Waals surface area (Å²) in [6.07, 6.45) is 6.49. The molecule has 29 heavy (non-hydrogen) atoms. The number of anilines is 2. The molecule has 0 fully saturated rings. The molecule has 0 saturated carbocycles. The number of carbonyl (C=O) groups is 2. The Bertz CT molecular complexity index is 1030. The lowest BCUT2D eigenvalue weighted by molar-refractivity contribution is -0.114. The van der Waals surface area contributed by atoms with E-state index in [9.17, 15) is 9.59 Å². The molecule has 6 heteroatoms. The van der Waals surface area contributed by atoms with Crippen molar-refractivity contribution in [2.45, 2.75) is 13.8 Å². The molecule has 3 aromatic rings. The maximum Gasteiger partial charge on any atom is 0.248 e. The van der Waals surface area contributed by atoms with Crippen LogP contribution in [0, 0.1) is 6.92 Å². The molecule has 2 aromatic carbocycles. The molecule has 0 aliphatic heterocycles. The minimum absolute atomic E-state index is 0.125. The van der Waals surface area contributed by atoms with E-state index in [0.29, 0.717) is 22.9 Å². The Morgan fingerprint density at radius 3 is 2.41 bits per heavy atom. The van der Waals surface area contributed by atoms with Crippen LogP contribution in [-0.4, -0.2) is 16.8 Å². The van der Waals surface area contributed by atoms with E-state index in [0.717, 1.165) is 11.1 Å². The Kier molecular flexibility index (Phi) is 6.37. The molecule has 0 unspecified atom stereocenters. The van der Waals surface area contributed by atoms with E-state index in [2.05, 4.69) is 15.6 Å². The fourth-order valence-corrected chi connectivity index (χ4v) is 2.61. The van der Waals surface area contributed by atoms with Crippen molar-refractivity contribution in [2.24, 2.45) is 0 Å². The van der Waals surface area contributed by atoms with Crippen LogP contribution in [0.5, 0.6) is 11.5 Å². The molecule has 0 spiro atoms. The third-order valence-electron chi connectivity index (χ3n) is 3.96. The van der Waals surface area contributed by atoms with Crippen molar-refractivity contribution in [1.29, 1.82) is 0 Å². The van der Waals surface area contributed by atoms with Gasteiger partial charge in [-0.2, -0.15) is 0 Å². The lowest BCUT2D eigenvalue weighted by Crippen LogP contribution is -2.08. The standard InChI is InChI=1S/C23H21N3O3/c1-16-14-20(10-11-22(16)29-21-4-3-13-24-15-21)26-23(28)12-7-18-5-8-19(9-6-18)25-17(2)27/h3-15H,1-2H3,(H,25,27)(H,26,28)/b12-7+. The van der Waals surface area contributed by atoms with Crippen molar-refractivity contribution in [2.75, 3.05) is 10.6 Å². The average molecular weight is 387 g/mol. The maximum absolute atomic E-state index is 12.2. The van der Waals surface area contributed by atoms with Crippen LogP contribution in [0.2, 0.25) is 0 Å². The number of nitrogens with zero attached hydrogens (tertiary/aromatic N) is 1. The van der Waals surface area contributed by atoms with E-state index >= 15 is 0 Å². The number of aromatic nitrogens is 1. The summed E-state index contributed by atoms with van der Waals surface area (Å²) in [5, 5.41) is 5.53.